The van der Waals surface area contributed by atoms with Crippen molar-refractivity contribution in [1.29, 1.82) is 0 Å². The summed E-state index contributed by atoms with van der Waals surface area (Å²) in [5, 5.41) is 0. The third-order valence-corrected chi connectivity index (χ3v) is 3.90. The normalized spacial score (nSPS) is 35.8. The number of hydrogen-bond donors (Lipinski definition) is 0. The maximum atomic E-state index is 5.82. The first kappa shape index (κ1) is 9.79. The molecule has 76 valence electrons. The minimum absolute atomic E-state index is 0.809. The lowest BCUT2D eigenvalue weighted by molar-refractivity contribution is 0.0664. The Morgan fingerprint density at radius 3 is 2.69 bits per heavy atom. The van der Waals surface area contributed by atoms with E-state index in [1.54, 1.807) is 0 Å². The van der Waals surface area contributed by atoms with Crippen molar-refractivity contribution >= 4 is 11.6 Å². The van der Waals surface area contributed by atoms with Gasteiger partial charge in [0.15, 0.2) is 0 Å². The second-order valence-corrected chi connectivity index (χ2v) is 4.86. The van der Waals surface area contributed by atoms with Crippen LogP contribution in [0.25, 0.3) is 0 Å². The molecule has 0 radical (unpaired) electrons. The van der Waals surface area contributed by atoms with Crippen LogP contribution in [0.3, 0.4) is 0 Å². The summed E-state index contributed by atoms with van der Waals surface area (Å²) >= 11 is 5.82. The van der Waals surface area contributed by atoms with Gasteiger partial charge >= 0.3 is 0 Å². The standard InChI is InChI=1S/C11H20ClN/c12-7-9-13-8-3-5-10-4-1-2-6-11(10)13/h10-11H,1-9H2/t10-,11+/m1/s1. The van der Waals surface area contributed by atoms with Crippen molar-refractivity contribution in [3.63, 3.8) is 0 Å². The monoisotopic (exact) mass is 201 g/mol. The Balaban J connectivity index is 1.94. The van der Waals surface area contributed by atoms with Crippen LogP contribution >= 0.6 is 11.6 Å². The summed E-state index contributed by atoms with van der Waals surface area (Å²) in [6, 6.07) is 0.890. The number of fused-ring (bicyclic) bond motifs is 1. The smallest absolute Gasteiger partial charge is 0.0351 e. The Kier molecular flexibility index (Phi) is 3.51. The average molecular weight is 202 g/mol. The summed E-state index contributed by atoms with van der Waals surface area (Å²) in [5.41, 5.74) is 0. The summed E-state index contributed by atoms with van der Waals surface area (Å²) in [4.78, 5) is 2.64. The number of alkyl halides is 1. The van der Waals surface area contributed by atoms with E-state index in [1.807, 2.05) is 0 Å². The largest absolute Gasteiger partial charge is 0.299 e. The van der Waals surface area contributed by atoms with Crippen molar-refractivity contribution in [3.05, 3.63) is 0 Å². The molecule has 0 N–H and O–H groups in total. The van der Waals surface area contributed by atoms with Gasteiger partial charge in [-0.15, -0.1) is 11.6 Å². The van der Waals surface area contributed by atoms with Crippen LogP contribution in [-0.4, -0.2) is 29.9 Å². The van der Waals surface area contributed by atoms with Gasteiger partial charge in [-0.05, 0) is 38.1 Å². The van der Waals surface area contributed by atoms with E-state index in [4.69, 9.17) is 11.6 Å². The predicted octanol–water partition coefficient (Wildman–Crippen LogP) is 2.88. The quantitative estimate of drug-likeness (QED) is 0.622. The van der Waals surface area contributed by atoms with Crippen molar-refractivity contribution in [2.24, 2.45) is 5.92 Å². The Hall–Kier alpha value is 0.250. The number of halogens is 1. The highest BCUT2D eigenvalue weighted by atomic mass is 35.5. The van der Waals surface area contributed by atoms with Gasteiger partial charge in [-0.3, -0.25) is 4.90 Å². The molecule has 0 aromatic heterocycles. The van der Waals surface area contributed by atoms with Gasteiger partial charge < -0.3 is 0 Å². The molecule has 2 heteroatoms. The number of hydrogen-bond acceptors (Lipinski definition) is 1. The molecule has 13 heavy (non-hydrogen) atoms. The zero-order valence-corrected chi connectivity index (χ0v) is 9.10. The maximum Gasteiger partial charge on any atom is 0.0351 e. The van der Waals surface area contributed by atoms with Crippen LogP contribution in [0.1, 0.15) is 38.5 Å². The van der Waals surface area contributed by atoms with Crippen molar-refractivity contribution in [2.45, 2.75) is 44.6 Å². The van der Waals surface area contributed by atoms with Crippen LogP contribution in [0.15, 0.2) is 0 Å². The van der Waals surface area contributed by atoms with Crippen molar-refractivity contribution in [1.82, 2.24) is 4.90 Å². The van der Waals surface area contributed by atoms with Crippen molar-refractivity contribution in [2.75, 3.05) is 19.0 Å². The number of rotatable bonds is 2. The van der Waals surface area contributed by atoms with Crippen molar-refractivity contribution < 1.29 is 0 Å². The molecule has 1 aliphatic carbocycles. The lowest BCUT2D eigenvalue weighted by Gasteiger charge is -2.44. The van der Waals surface area contributed by atoms with E-state index in [0.29, 0.717) is 0 Å². The highest BCUT2D eigenvalue weighted by Gasteiger charge is 2.32. The fraction of sp³-hybridized carbons (Fsp3) is 1.00. The fourth-order valence-corrected chi connectivity index (χ4v) is 3.33. The molecular weight excluding hydrogens is 182 g/mol. The van der Waals surface area contributed by atoms with Gasteiger partial charge in [0, 0.05) is 18.5 Å². The maximum absolute atomic E-state index is 5.82. The van der Waals surface area contributed by atoms with E-state index < -0.39 is 0 Å². The van der Waals surface area contributed by atoms with E-state index in [1.165, 1.54) is 45.1 Å². The molecule has 1 aliphatic heterocycles. The Morgan fingerprint density at radius 2 is 1.85 bits per heavy atom. The molecule has 2 fully saturated rings. The number of likely N-dealkylation sites (tertiary alicyclic amines) is 1. The van der Waals surface area contributed by atoms with E-state index in [9.17, 15) is 0 Å². The summed E-state index contributed by atoms with van der Waals surface area (Å²) in [5.74, 6) is 1.81. The van der Waals surface area contributed by atoms with Gasteiger partial charge in [0.2, 0.25) is 0 Å². The van der Waals surface area contributed by atoms with Crippen LogP contribution in [0.4, 0.5) is 0 Å². The Morgan fingerprint density at radius 1 is 1.08 bits per heavy atom. The lowest BCUT2D eigenvalue weighted by Crippen LogP contribution is -2.47. The van der Waals surface area contributed by atoms with Gasteiger partial charge in [-0.25, -0.2) is 0 Å². The molecule has 0 spiro atoms. The van der Waals surface area contributed by atoms with Crippen LogP contribution in [-0.2, 0) is 0 Å². The molecule has 2 rings (SSSR count). The highest BCUT2D eigenvalue weighted by Crippen LogP contribution is 2.34. The van der Waals surface area contributed by atoms with Crippen molar-refractivity contribution in [3.8, 4) is 0 Å². The van der Waals surface area contributed by atoms with Gasteiger partial charge in [0.1, 0.15) is 0 Å². The average Bonchev–Trinajstić information content (AvgIpc) is 2.19. The van der Waals surface area contributed by atoms with Gasteiger partial charge in [0.05, 0.1) is 0 Å². The topological polar surface area (TPSA) is 3.24 Å². The van der Waals surface area contributed by atoms with E-state index in [2.05, 4.69) is 4.90 Å². The van der Waals surface area contributed by atoms with Gasteiger partial charge in [0.25, 0.3) is 0 Å². The molecule has 0 aromatic rings. The fourth-order valence-electron chi connectivity index (χ4n) is 3.11. The molecule has 1 heterocycles. The molecule has 2 atom stereocenters. The summed E-state index contributed by atoms with van der Waals surface area (Å²) in [7, 11) is 0. The number of piperidine rings is 1. The Labute approximate surface area is 86.4 Å². The summed E-state index contributed by atoms with van der Waals surface area (Å²) in [6.07, 6.45) is 8.70. The zero-order valence-electron chi connectivity index (χ0n) is 8.34. The highest BCUT2D eigenvalue weighted by molar-refractivity contribution is 6.18. The first-order valence-electron chi connectivity index (χ1n) is 5.72. The lowest BCUT2D eigenvalue weighted by atomic mass is 9.78. The minimum atomic E-state index is 0.809. The Bertz CT molecular complexity index is 156. The first-order chi connectivity index (χ1) is 6.42. The van der Waals surface area contributed by atoms with Gasteiger partial charge in [-0.2, -0.15) is 0 Å². The molecule has 0 bridgehead atoms. The molecule has 0 unspecified atom stereocenters. The second kappa shape index (κ2) is 4.65. The third-order valence-electron chi connectivity index (χ3n) is 3.73. The minimum Gasteiger partial charge on any atom is -0.299 e. The molecule has 1 nitrogen and oxygen atoms in total. The molecular formula is C11H20ClN. The predicted molar refractivity (Wildman–Crippen MR) is 57.3 cm³/mol. The first-order valence-corrected chi connectivity index (χ1v) is 6.25. The summed E-state index contributed by atoms with van der Waals surface area (Å²) in [6.45, 7) is 2.41. The SMILES string of the molecule is ClCCN1CCC[C@H]2CCCC[C@@H]21. The summed E-state index contributed by atoms with van der Waals surface area (Å²) < 4.78 is 0. The van der Waals surface area contributed by atoms with Crippen LogP contribution in [0.2, 0.25) is 0 Å². The molecule has 1 saturated carbocycles. The molecule has 0 aromatic carbocycles. The second-order valence-electron chi connectivity index (χ2n) is 4.48. The third kappa shape index (κ3) is 2.19. The molecule has 1 saturated heterocycles. The zero-order chi connectivity index (χ0) is 9.10. The molecule has 2 aliphatic rings. The van der Waals surface area contributed by atoms with Crippen LogP contribution in [0.5, 0.6) is 0 Å². The number of nitrogens with zero attached hydrogens (tertiary/aromatic N) is 1. The van der Waals surface area contributed by atoms with E-state index in [-0.39, 0.29) is 0 Å². The van der Waals surface area contributed by atoms with Crippen LogP contribution in [0, 0.1) is 5.92 Å². The van der Waals surface area contributed by atoms with Gasteiger partial charge in [-0.1, -0.05) is 12.8 Å². The molecule has 0 amide bonds. The van der Waals surface area contributed by atoms with E-state index in [0.717, 1.165) is 24.4 Å². The van der Waals surface area contributed by atoms with E-state index >= 15 is 0 Å². The van der Waals surface area contributed by atoms with Crippen LogP contribution < -0.4 is 0 Å².